The largest absolute Gasteiger partial charge is 0.497 e. The molecule has 7 heteroatoms. The molecule has 1 amide bonds. The maximum absolute atomic E-state index is 13.0. The molecule has 0 bridgehead atoms. The fourth-order valence-corrected chi connectivity index (χ4v) is 4.30. The number of amides is 1. The second-order valence-electron chi connectivity index (χ2n) is 8.20. The van der Waals surface area contributed by atoms with Crippen molar-refractivity contribution in [3.63, 3.8) is 0 Å². The number of nitrogens with one attached hydrogen (secondary N) is 1. The fraction of sp³-hybridized carbons (Fsp3) is 0.360. The summed E-state index contributed by atoms with van der Waals surface area (Å²) in [6.45, 7) is 5.14. The first-order valence-electron chi connectivity index (χ1n) is 10.9. The molecule has 4 rings (SSSR count). The third-order valence-corrected chi connectivity index (χ3v) is 5.89. The molecule has 7 nitrogen and oxygen atoms in total. The molecule has 2 heterocycles. The van der Waals surface area contributed by atoms with Crippen molar-refractivity contribution in [3.05, 3.63) is 65.4 Å². The van der Waals surface area contributed by atoms with Crippen molar-refractivity contribution in [2.45, 2.75) is 32.7 Å². The summed E-state index contributed by atoms with van der Waals surface area (Å²) >= 11 is 0. The molecule has 1 fully saturated rings. The third kappa shape index (κ3) is 4.62. The van der Waals surface area contributed by atoms with Gasteiger partial charge >= 0.3 is 0 Å². The van der Waals surface area contributed by atoms with Gasteiger partial charge in [0.05, 0.1) is 32.1 Å². The third-order valence-electron chi connectivity index (χ3n) is 5.89. The number of aromatic nitrogens is 2. The summed E-state index contributed by atoms with van der Waals surface area (Å²) in [6, 6.07) is 16.0. The molecular formula is C25H30N4O3. The average molecular weight is 435 g/mol. The van der Waals surface area contributed by atoms with Gasteiger partial charge in [-0.3, -0.25) is 9.69 Å². The lowest BCUT2D eigenvalue weighted by Gasteiger charge is -2.26. The van der Waals surface area contributed by atoms with Gasteiger partial charge < -0.3 is 14.8 Å². The van der Waals surface area contributed by atoms with Crippen molar-refractivity contribution < 1.29 is 14.3 Å². The second-order valence-corrected chi connectivity index (χ2v) is 8.20. The number of aryl methyl sites for hydroxylation is 2. The number of nitrogens with zero attached hydrogens (tertiary/aromatic N) is 3. The highest BCUT2D eigenvalue weighted by Gasteiger charge is 2.30. The molecule has 168 valence electrons. The average Bonchev–Trinajstić information content (AvgIpc) is 3.39. The van der Waals surface area contributed by atoms with Crippen LogP contribution in [0.1, 0.15) is 35.7 Å². The molecule has 1 N–H and O–H groups in total. The van der Waals surface area contributed by atoms with Crippen molar-refractivity contribution in [1.82, 2.24) is 14.7 Å². The smallest absolute Gasteiger partial charge is 0.239 e. The van der Waals surface area contributed by atoms with Gasteiger partial charge in [-0.25, -0.2) is 4.68 Å². The van der Waals surface area contributed by atoms with E-state index in [-0.39, 0.29) is 11.9 Å². The van der Waals surface area contributed by atoms with Crippen molar-refractivity contribution >= 4 is 11.7 Å². The Labute approximate surface area is 188 Å². The van der Waals surface area contributed by atoms with Gasteiger partial charge in [0.15, 0.2) is 0 Å². The Kier molecular flexibility index (Phi) is 6.46. The number of benzene rings is 2. The molecule has 0 aliphatic carbocycles. The lowest BCUT2D eigenvalue weighted by molar-refractivity contribution is -0.117. The number of methoxy groups -OCH3 is 2. The molecule has 0 spiro atoms. The summed E-state index contributed by atoms with van der Waals surface area (Å²) in [4.78, 5) is 15.2. The first kappa shape index (κ1) is 21.9. The van der Waals surface area contributed by atoms with E-state index >= 15 is 0 Å². The van der Waals surface area contributed by atoms with Crippen LogP contribution in [0.5, 0.6) is 11.5 Å². The summed E-state index contributed by atoms with van der Waals surface area (Å²) in [5, 5.41) is 7.62. The Hall–Kier alpha value is -3.32. The zero-order chi connectivity index (χ0) is 22.7. The number of hydrogen-bond donors (Lipinski definition) is 1. The maximum atomic E-state index is 13.0. The van der Waals surface area contributed by atoms with Crippen molar-refractivity contribution in [1.29, 1.82) is 0 Å². The van der Waals surface area contributed by atoms with E-state index in [4.69, 9.17) is 9.47 Å². The Balaban J connectivity index is 1.50. The molecule has 2 aromatic carbocycles. The minimum Gasteiger partial charge on any atom is -0.497 e. The summed E-state index contributed by atoms with van der Waals surface area (Å²) in [7, 11) is 3.31. The van der Waals surface area contributed by atoms with E-state index < -0.39 is 0 Å². The molecular weight excluding hydrogens is 404 g/mol. The number of likely N-dealkylation sites (tertiary alicyclic amines) is 1. The minimum atomic E-state index is -0.0577. The van der Waals surface area contributed by atoms with Gasteiger partial charge in [0.1, 0.15) is 17.3 Å². The lowest BCUT2D eigenvalue weighted by atomic mass is 10.0. The molecule has 3 aromatic rings. The van der Waals surface area contributed by atoms with E-state index in [1.165, 1.54) is 5.56 Å². The Morgan fingerprint density at radius 3 is 2.59 bits per heavy atom. The highest BCUT2D eigenvalue weighted by atomic mass is 16.5. The van der Waals surface area contributed by atoms with E-state index in [0.29, 0.717) is 12.4 Å². The topological polar surface area (TPSA) is 68.6 Å². The van der Waals surface area contributed by atoms with E-state index in [2.05, 4.69) is 15.3 Å². The lowest BCUT2D eigenvalue weighted by Crippen LogP contribution is -2.33. The van der Waals surface area contributed by atoms with Crippen LogP contribution in [0.2, 0.25) is 0 Å². The second kappa shape index (κ2) is 9.44. The van der Waals surface area contributed by atoms with Crippen LogP contribution in [0.25, 0.3) is 5.69 Å². The first-order chi connectivity index (χ1) is 15.5. The molecule has 1 aliphatic rings. The van der Waals surface area contributed by atoms with Crippen LogP contribution in [0, 0.1) is 13.8 Å². The van der Waals surface area contributed by atoms with Crippen LogP contribution < -0.4 is 14.8 Å². The van der Waals surface area contributed by atoms with Gasteiger partial charge in [-0.2, -0.15) is 5.10 Å². The van der Waals surface area contributed by atoms with Gasteiger partial charge in [-0.1, -0.05) is 23.8 Å². The normalized spacial score (nSPS) is 16.2. The zero-order valence-electron chi connectivity index (χ0n) is 19.1. The fourth-order valence-electron chi connectivity index (χ4n) is 4.30. The number of rotatable bonds is 7. The summed E-state index contributed by atoms with van der Waals surface area (Å²) in [6.07, 6.45) is 2.02. The van der Waals surface area contributed by atoms with Crippen molar-refractivity contribution in [2.75, 3.05) is 32.6 Å². The Bertz CT molecular complexity index is 1090. The van der Waals surface area contributed by atoms with Gasteiger partial charge in [0.25, 0.3) is 0 Å². The van der Waals surface area contributed by atoms with Crippen molar-refractivity contribution in [3.8, 4) is 17.2 Å². The first-order valence-corrected chi connectivity index (χ1v) is 10.9. The van der Waals surface area contributed by atoms with Crippen LogP contribution >= 0.6 is 0 Å². The summed E-state index contributed by atoms with van der Waals surface area (Å²) < 4.78 is 12.7. The maximum Gasteiger partial charge on any atom is 0.239 e. The summed E-state index contributed by atoms with van der Waals surface area (Å²) in [5.74, 6) is 2.16. The predicted octanol–water partition coefficient (Wildman–Crippen LogP) is 4.28. The van der Waals surface area contributed by atoms with Crippen molar-refractivity contribution in [2.24, 2.45) is 0 Å². The highest BCUT2D eigenvalue weighted by molar-refractivity contribution is 5.91. The molecule has 0 radical (unpaired) electrons. The minimum absolute atomic E-state index is 0.0577. The molecule has 0 saturated carbocycles. The summed E-state index contributed by atoms with van der Waals surface area (Å²) in [5.41, 5.74) is 4.03. The van der Waals surface area contributed by atoms with Gasteiger partial charge in [-0.05, 0) is 51.4 Å². The van der Waals surface area contributed by atoms with Crippen LogP contribution in [0.4, 0.5) is 5.82 Å². The van der Waals surface area contributed by atoms with Crippen LogP contribution in [-0.2, 0) is 4.79 Å². The van der Waals surface area contributed by atoms with E-state index in [0.717, 1.165) is 47.8 Å². The van der Waals surface area contributed by atoms with Gasteiger partial charge in [-0.15, -0.1) is 0 Å². The Morgan fingerprint density at radius 1 is 1.09 bits per heavy atom. The standard InChI is InChI=1S/C25H30N4O3/c1-17-7-9-19(10-8-17)29-24(14-18(2)27-29)26-25(30)16-28-13-5-6-22(28)21-12-11-20(31-3)15-23(21)32-4/h7-12,14-15,22H,5-6,13,16H2,1-4H3,(H,26,30). The highest BCUT2D eigenvalue weighted by Crippen LogP contribution is 2.38. The quantitative estimate of drug-likeness (QED) is 0.601. The molecule has 1 aromatic heterocycles. The molecule has 1 aliphatic heterocycles. The molecule has 1 saturated heterocycles. The van der Waals surface area contributed by atoms with Gasteiger partial charge in [0, 0.05) is 23.7 Å². The molecule has 1 atom stereocenters. The van der Waals surface area contributed by atoms with Crippen LogP contribution in [0.3, 0.4) is 0 Å². The number of hydrogen-bond acceptors (Lipinski definition) is 5. The number of carbonyl (C=O) groups is 1. The number of anilines is 1. The van der Waals surface area contributed by atoms with Gasteiger partial charge in [0.2, 0.25) is 5.91 Å². The van der Waals surface area contributed by atoms with E-state index in [1.54, 1.807) is 18.9 Å². The van der Waals surface area contributed by atoms with Crippen LogP contribution in [0.15, 0.2) is 48.5 Å². The Morgan fingerprint density at radius 2 is 1.88 bits per heavy atom. The monoisotopic (exact) mass is 434 g/mol. The predicted molar refractivity (Wildman–Crippen MR) is 125 cm³/mol. The van der Waals surface area contributed by atoms with E-state index in [9.17, 15) is 4.79 Å². The van der Waals surface area contributed by atoms with E-state index in [1.807, 2.05) is 62.4 Å². The number of ether oxygens (including phenoxy) is 2. The zero-order valence-corrected chi connectivity index (χ0v) is 19.1. The van der Waals surface area contributed by atoms with Crippen LogP contribution in [-0.4, -0.2) is 47.9 Å². The SMILES string of the molecule is COc1ccc(C2CCCN2CC(=O)Nc2cc(C)nn2-c2ccc(C)cc2)c(OC)c1. The number of carbonyl (C=O) groups excluding carboxylic acids is 1. The molecule has 32 heavy (non-hydrogen) atoms. The molecule has 1 unspecified atom stereocenters.